The number of likely N-dealkylation sites (tertiary alicyclic amines) is 1. The molecule has 3 aliphatic rings. The maximum atomic E-state index is 12.7. The smallest absolute Gasteiger partial charge is 0.311 e. The Bertz CT molecular complexity index is 305. The minimum Gasteiger partial charge on any atom is -0.311 e. The van der Waals surface area contributed by atoms with Crippen LogP contribution in [0.1, 0.15) is 32.1 Å². The Morgan fingerprint density at radius 1 is 1.17 bits per heavy atom. The first-order valence-electron chi connectivity index (χ1n) is 7.07. The van der Waals surface area contributed by atoms with Crippen LogP contribution >= 0.6 is 0 Å². The average molecular weight is 262 g/mol. The molecule has 104 valence electrons. The SMILES string of the molecule is FC(F)(F)C1CCCN(CC2CC3CCC2N3)C1. The number of alkyl halides is 3. The van der Waals surface area contributed by atoms with Gasteiger partial charge in [0.2, 0.25) is 0 Å². The van der Waals surface area contributed by atoms with Crippen LogP contribution in [0.2, 0.25) is 0 Å². The summed E-state index contributed by atoms with van der Waals surface area (Å²) in [7, 11) is 0. The zero-order valence-electron chi connectivity index (χ0n) is 10.5. The summed E-state index contributed by atoms with van der Waals surface area (Å²) >= 11 is 0. The molecule has 0 aromatic rings. The number of hydrogen-bond donors (Lipinski definition) is 1. The van der Waals surface area contributed by atoms with Crippen molar-refractivity contribution in [2.24, 2.45) is 11.8 Å². The minimum absolute atomic E-state index is 0.220. The molecule has 5 heteroatoms. The normalized spacial score (nSPS) is 41.5. The lowest BCUT2D eigenvalue weighted by molar-refractivity contribution is -0.187. The van der Waals surface area contributed by atoms with Crippen LogP contribution in [0.3, 0.4) is 0 Å². The van der Waals surface area contributed by atoms with E-state index in [4.69, 9.17) is 0 Å². The van der Waals surface area contributed by atoms with Gasteiger partial charge in [0.25, 0.3) is 0 Å². The molecule has 4 atom stereocenters. The van der Waals surface area contributed by atoms with E-state index in [0.29, 0.717) is 30.8 Å². The van der Waals surface area contributed by atoms with E-state index in [1.807, 2.05) is 0 Å². The van der Waals surface area contributed by atoms with Gasteiger partial charge in [0.1, 0.15) is 0 Å². The first-order valence-corrected chi connectivity index (χ1v) is 7.07. The van der Waals surface area contributed by atoms with Crippen molar-refractivity contribution in [3.05, 3.63) is 0 Å². The first kappa shape index (κ1) is 12.7. The Morgan fingerprint density at radius 2 is 2.00 bits per heavy atom. The number of halogens is 3. The van der Waals surface area contributed by atoms with Crippen molar-refractivity contribution in [1.82, 2.24) is 10.2 Å². The lowest BCUT2D eigenvalue weighted by atomic mass is 9.87. The molecule has 3 heterocycles. The second kappa shape index (κ2) is 4.67. The Hall–Kier alpha value is -0.290. The molecule has 18 heavy (non-hydrogen) atoms. The molecule has 0 spiro atoms. The highest BCUT2D eigenvalue weighted by Gasteiger charge is 2.44. The molecule has 3 fully saturated rings. The topological polar surface area (TPSA) is 15.3 Å². The third kappa shape index (κ3) is 2.52. The van der Waals surface area contributed by atoms with Gasteiger partial charge in [0, 0.05) is 25.2 Å². The van der Waals surface area contributed by atoms with E-state index < -0.39 is 12.1 Å². The maximum Gasteiger partial charge on any atom is 0.393 e. The first-order chi connectivity index (χ1) is 8.52. The predicted molar refractivity (Wildman–Crippen MR) is 63.3 cm³/mol. The molecular formula is C13H21F3N2. The number of hydrogen-bond acceptors (Lipinski definition) is 2. The Morgan fingerprint density at radius 3 is 2.61 bits per heavy atom. The number of nitrogens with one attached hydrogen (secondary N) is 1. The Kier molecular flexibility index (Phi) is 3.30. The predicted octanol–water partition coefficient (Wildman–Crippen LogP) is 2.40. The van der Waals surface area contributed by atoms with Crippen LogP contribution in [0.25, 0.3) is 0 Å². The zero-order valence-corrected chi connectivity index (χ0v) is 10.5. The van der Waals surface area contributed by atoms with Crippen LogP contribution in [0.4, 0.5) is 13.2 Å². The van der Waals surface area contributed by atoms with Gasteiger partial charge in [-0.05, 0) is 44.6 Å². The summed E-state index contributed by atoms with van der Waals surface area (Å²) in [5.74, 6) is -0.520. The molecular weight excluding hydrogens is 241 g/mol. The standard InChI is InChI=1S/C13H21F3N2/c14-13(15,16)10-2-1-5-18(8-10)7-9-6-11-3-4-12(9)17-11/h9-12,17H,1-8H2. The lowest BCUT2D eigenvalue weighted by Crippen LogP contribution is -2.45. The molecule has 3 rings (SSSR count). The molecule has 0 amide bonds. The van der Waals surface area contributed by atoms with E-state index in [1.54, 1.807) is 0 Å². The number of fused-ring (bicyclic) bond motifs is 2. The van der Waals surface area contributed by atoms with Crippen molar-refractivity contribution in [3.8, 4) is 0 Å². The summed E-state index contributed by atoms with van der Waals surface area (Å²) in [6, 6.07) is 1.21. The van der Waals surface area contributed by atoms with Crippen LogP contribution in [-0.2, 0) is 0 Å². The molecule has 0 aromatic carbocycles. The van der Waals surface area contributed by atoms with Crippen LogP contribution in [-0.4, -0.2) is 42.8 Å². The largest absolute Gasteiger partial charge is 0.393 e. The van der Waals surface area contributed by atoms with Crippen molar-refractivity contribution < 1.29 is 13.2 Å². The van der Waals surface area contributed by atoms with Gasteiger partial charge in [-0.3, -0.25) is 0 Å². The Labute approximate surface area is 106 Å². The van der Waals surface area contributed by atoms with Crippen molar-refractivity contribution in [1.29, 1.82) is 0 Å². The third-order valence-electron chi connectivity index (χ3n) is 4.89. The van der Waals surface area contributed by atoms with Crippen LogP contribution < -0.4 is 5.32 Å². The summed E-state index contributed by atoms with van der Waals surface area (Å²) in [6.45, 7) is 1.93. The molecule has 1 N–H and O–H groups in total. The number of rotatable bonds is 2. The molecule has 3 aliphatic heterocycles. The summed E-state index contributed by atoms with van der Waals surface area (Å²) in [4.78, 5) is 2.05. The van der Waals surface area contributed by atoms with Gasteiger partial charge in [0.15, 0.2) is 0 Å². The average Bonchev–Trinajstić information content (AvgIpc) is 2.90. The number of nitrogens with zero attached hydrogens (tertiary/aromatic N) is 1. The second-order valence-corrected chi connectivity index (χ2v) is 6.18. The molecule has 0 aliphatic carbocycles. The molecule has 2 bridgehead atoms. The van der Waals surface area contributed by atoms with Gasteiger partial charge >= 0.3 is 6.18 Å². The summed E-state index contributed by atoms with van der Waals surface area (Å²) < 4.78 is 38.2. The van der Waals surface area contributed by atoms with Crippen LogP contribution in [0.15, 0.2) is 0 Å². The van der Waals surface area contributed by atoms with E-state index in [9.17, 15) is 13.2 Å². The van der Waals surface area contributed by atoms with Gasteiger partial charge < -0.3 is 10.2 Å². The third-order valence-corrected chi connectivity index (χ3v) is 4.89. The van der Waals surface area contributed by atoms with E-state index in [1.165, 1.54) is 12.8 Å². The number of piperidine rings is 1. The van der Waals surface area contributed by atoms with E-state index in [0.717, 1.165) is 19.5 Å². The molecule has 0 aromatic heterocycles. The quantitative estimate of drug-likeness (QED) is 0.822. The maximum absolute atomic E-state index is 12.7. The molecule has 4 unspecified atom stereocenters. The fraction of sp³-hybridized carbons (Fsp3) is 1.00. The molecule has 0 saturated carbocycles. The van der Waals surface area contributed by atoms with Gasteiger partial charge in [-0.25, -0.2) is 0 Å². The summed E-state index contributed by atoms with van der Waals surface area (Å²) in [6.07, 6.45) is 0.634. The fourth-order valence-corrected chi connectivity index (χ4v) is 3.96. The molecule has 3 saturated heterocycles. The van der Waals surface area contributed by atoms with Crippen LogP contribution in [0, 0.1) is 11.8 Å². The van der Waals surface area contributed by atoms with Gasteiger partial charge in [-0.2, -0.15) is 13.2 Å². The van der Waals surface area contributed by atoms with Gasteiger partial charge in [-0.1, -0.05) is 0 Å². The molecule has 2 nitrogen and oxygen atoms in total. The summed E-state index contributed by atoms with van der Waals surface area (Å²) in [5.41, 5.74) is 0. The fourth-order valence-electron chi connectivity index (χ4n) is 3.96. The van der Waals surface area contributed by atoms with Crippen LogP contribution in [0.5, 0.6) is 0 Å². The second-order valence-electron chi connectivity index (χ2n) is 6.18. The van der Waals surface area contributed by atoms with Crippen molar-refractivity contribution >= 4 is 0 Å². The summed E-state index contributed by atoms with van der Waals surface area (Å²) in [5, 5.41) is 3.56. The highest BCUT2D eigenvalue weighted by molar-refractivity contribution is 4.98. The highest BCUT2D eigenvalue weighted by atomic mass is 19.4. The van der Waals surface area contributed by atoms with E-state index in [2.05, 4.69) is 10.2 Å². The van der Waals surface area contributed by atoms with Gasteiger partial charge in [0.05, 0.1) is 5.92 Å². The van der Waals surface area contributed by atoms with Crippen molar-refractivity contribution in [2.75, 3.05) is 19.6 Å². The van der Waals surface area contributed by atoms with Crippen molar-refractivity contribution in [3.63, 3.8) is 0 Å². The lowest BCUT2D eigenvalue weighted by Gasteiger charge is -2.36. The van der Waals surface area contributed by atoms with E-state index >= 15 is 0 Å². The molecule has 0 radical (unpaired) electrons. The van der Waals surface area contributed by atoms with Gasteiger partial charge in [-0.15, -0.1) is 0 Å². The Balaban J connectivity index is 1.54. The minimum atomic E-state index is -4.01. The highest BCUT2D eigenvalue weighted by Crippen LogP contribution is 2.36. The monoisotopic (exact) mass is 262 g/mol. The zero-order chi connectivity index (χ0) is 12.8. The van der Waals surface area contributed by atoms with E-state index in [-0.39, 0.29) is 6.54 Å². The van der Waals surface area contributed by atoms with Crippen molar-refractivity contribution in [2.45, 2.75) is 50.4 Å².